The number of nitrogens with two attached hydrogens (primary N) is 1. The molecule has 6 aromatic rings. The molecule has 3 heterocycles. The number of thiol groups is 4. The molecule has 12 amide bonds. The number of H-pyrrole nitrogens is 3. The quantitative estimate of drug-likeness (QED) is 0.0191. The lowest BCUT2D eigenvalue weighted by Gasteiger charge is -2.29. The lowest BCUT2D eigenvalue weighted by Crippen LogP contribution is -2.63. The lowest BCUT2D eigenvalue weighted by molar-refractivity contribution is -0.142. The van der Waals surface area contributed by atoms with Crippen LogP contribution < -0.4 is 69.5 Å². The van der Waals surface area contributed by atoms with Crippen LogP contribution in [0.25, 0.3) is 32.7 Å². The number of carboxylic acid groups (broad SMARTS) is 4. The van der Waals surface area contributed by atoms with Crippen LogP contribution in [0.2, 0.25) is 0 Å². The average molecular weight is 1680 g/mol. The maximum Gasteiger partial charge on any atom is 0.326 e. The number of hydrogen-bond acceptors (Lipinski definition) is 22. The molecule has 41 heteroatoms. The maximum absolute atomic E-state index is 14.7. The molecule has 624 valence electrons. The number of fused-ring (bicyclic) bond motifs is 3. The first kappa shape index (κ1) is 93.0. The zero-order valence-corrected chi connectivity index (χ0v) is 66.8. The van der Waals surface area contributed by atoms with E-state index in [4.69, 9.17) is 5.73 Å². The number of aromatic amines is 3. The van der Waals surface area contributed by atoms with Gasteiger partial charge in [0.15, 0.2) is 0 Å². The average Bonchev–Trinajstić information content (AvgIpc) is 1.72. The fourth-order valence-electron chi connectivity index (χ4n) is 12.2. The summed E-state index contributed by atoms with van der Waals surface area (Å²) in [7, 11) is 0. The lowest BCUT2D eigenvalue weighted by atomic mass is 10.0. The van der Waals surface area contributed by atoms with E-state index in [1.165, 1.54) is 20.0 Å². The number of carbonyl (C=O) groups is 16. The number of aliphatic hydroxyl groups is 1. The van der Waals surface area contributed by atoms with E-state index in [1.807, 2.05) is 13.8 Å². The number of nitrogens with one attached hydrogen (secondary N) is 15. The van der Waals surface area contributed by atoms with Gasteiger partial charge in [0.25, 0.3) is 0 Å². The van der Waals surface area contributed by atoms with E-state index in [2.05, 4.69) is 129 Å². The van der Waals surface area contributed by atoms with Gasteiger partial charge in [0.2, 0.25) is 70.9 Å². The Morgan fingerprint density at radius 3 is 0.991 bits per heavy atom. The minimum absolute atomic E-state index is 0.0436. The summed E-state index contributed by atoms with van der Waals surface area (Å²) in [6, 6.07) is -0.688. The molecule has 14 atom stereocenters. The molecular formula is C74H98N16O21S4. The number of carboxylic acids is 4. The summed E-state index contributed by atoms with van der Waals surface area (Å²) in [5, 5.41) is 81.7. The Morgan fingerprint density at radius 1 is 0.357 bits per heavy atom. The molecular weight excluding hydrogens is 1580 g/mol. The molecule has 0 bridgehead atoms. The van der Waals surface area contributed by atoms with Crippen LogP contribution in [0.4, 0.5) is 0 Å². The molecule has 6 rings (SSSR count). The second kappa shape index (κ2) is 44.7. The Kier molecular flexibility index (Phi) is 36.1. The van der Waals surface area contributed by atoms with Crippen molar-refractivity contribution in [1.29, 1.82) is 0 Å². The molecule has 0 aliphatic heterocycles. The molecule has 0 radical (unpaired) electrons. The molecule has 0 saturated heterocycles. The maximum atomic E-state index is 14.7. The van der Waals surface area contributed by atoms with Gasteiger partial charge in [0, 0.05) is 106 Å². The number of carbonyl (C=O) groups excluding carboxylic acids is 12. The summed E-state index contributed by atoms with van der Waals surface area (Å²) >= 11 is 16.9. The van der Waals surface area contributed by atoms with Gasteiger partial charge in [-0.15, -0.1) is 0 Å². The highest BCUT2D eigenvalue weighted by Gasteiger charge is 2.40. The first-order valence-corrected chi connectivity index (χ1v) is 39.1. The predicted molar refractivity (Wildman–Crippen MR) is 432 cm³/mol. The van der Waals surface area contributed by atoms with Crippen LogP contribution in [0.5, 0.6) is 0 Å². The number of aliphatic hydroxyl groups excluding tert-OH is 1. The van der Waals surface area contributed by atoms with Crippen molar-refractivity contribution in [3.8, 4) is 0 Å². The fourth-order valence-corrected chi connectivity index (χ4v) is 13.2. The molecule has 0 unspecified atom stereocenters. The molecule has 22 N–H and O–H groups in total. The fraction of sp³-hybridized carbons (Fsp3) is 0.459. The van der Waals surface area contributed by atoms with Crippen molar-refractivity contribution >= 4 is 178 Å². The summed E-state index contributed by atoms with van der Waals surface area (Å²) in [5.41, 5.74) is 9.29. The van der Waals surface area contributed by atoms with Crippen molar-refractivity contribution in [1.82, 2.24) is 78.8 Å². The second-order valence-corrected chi connectivity index (χ2v) is 29.5. The highest BCUT2D eigenvalue weighted by atomic mass is 32.1. The SMILES string of the molecule is CC(C)C[C@H](N)C(=O)N[C@@H](CS)C(=O)N[C@@H](CS)C(=O)N[C@H](C(=O)N[C@H](C(=O)N[C@@H](CCC(=O)O)C(=O)N[C@@H](CC(=O)O)C(=O)N[C@@H](Cc1c[nH]c2ccccc12)C(=O)N[C@@H](CS)C(=O)N[C@@H](CS)C(=O)N[C@@H](CCC(=O)O)C(=O)N[C@@H](Cc1c[nH]c2ccccc12)C(=O)N[C@@H](Cc1c[nH]c2ccccc12)C(=O)O)[C@@H](C)O)C(C)C. The van der Waals surface area contributed by atoms with Crippen LogP contribution in [0, 0.1) is 11.8 Å². The van der Waals surface area contributed by atoms with Gasteiger partial charge >= 0.3 is 23.9 Å². The molecule has 115 heavy (non-hydrogen) atoms. The van der Waals surface area contributed by atoms with Crippen molar-refractivity contribution in [2.45, 2.75) is 177 Å². The van der Waals surface area contributed by atoms with Gasteiger partial charge in [-0.1, -0.05) is 82.3 Å². The van der Waals surface area contributed by atoms with Crippen LogP contribution in [0.3, 0.4) is 0 Å². The van der Waals surface area contributed by atoms with E-state index in [0.29, 0.717) is 55.8 Å². The van der Waals surface area contributed by atoms with E-state index in [-0.39, 0.29) is 30.3 Å². The highest BCUT2D eigenvalue weighted by Crippen LogP contribution is 2.24. The molecule has 37 nitrogen and oxygen atoms in total. The topological polar surface area (TPSA) is 592 Å². The molecule has 3 aromatic carbocycles. The minimum atomic E-state index is -2.16. The first-order valence-electron chi connectivity index (χ1n) is 36.5. The highest BCUT2D eigenvalue weighted by molar-refractivity contribution is 7.80. The Hall–Kier alpha value is -10.9. The van der Waals surface area contributed by atoms with Crippen molar-refractivity contribution in [2.75, 3.05) is 23.0 Å². The standard InChI is InChI=1S/C74H98N16O21S4/c1-34(2)22-43(75)62(98)85-53(30-112)69(105)88-56(33-115)71(107)89-60(35(3)4)72(108)90-61(36(5)91)73(109)80-48(19-21-58(94)95)64(100)83-51(26-59(96)97)67(103)82-50(24-38-28-77-45-16-10-7-13-41(38)45)66(102)86-55(32-114)70(106)87-54(31-113)68(104)79-47(18-20-57(92)93)63(99)81-49(23-37-27-76-44-15-9-6-12-40(37)44)65(101)84-52(74(110)111)25-39-29-78-46-17-11-8-14-42(39)46/h6-17,27-29,34-36,43,47-56,60-61,76-78,91,112-115H,18-26,30-33,75H2,1-5H3,(H,79,104)(H,80,109)(H,81,99)(H,82,103)(H,83,100)(H,84,101)(H,85,98)(H,86,102)(H,87,106)(H,88,105)(H,89,107)(H,90,108)(H,92,93)(H,94,95)(H,96,97)(H,110,111)/t36-,43+,47+,48+,49+,50+,51+,52+,53+,54+,55+,56+,60+,61+/m1/s1. The third-order valence-electron chi connectivity index (χ3n) is 18.4. The number of aliphatic carboxylic acids is 4. The van der Waals surface area contributed by atoms with Crippen molar-refractivity contribution in [2.24, 2.45) is 17.6 Å². The first-order chi connectivity index (χ1) is 54.5. The predicted octanol–water partition coefficient (Wildman–Crippen LogP) is -1.61. The molecule has 0 saturated carbocycles. The summed E-state index contributed by atoms with van der Waals surface area (Å²) in [6.07, 6.45) is -1.94. The number of para-hydroxylation sites is 3. The van der Waals surface area contributed by atoms with Crippen molar-refractivity contribution in [3.63, 3.8) is 0 Å². The Balaban J connectivity index is 1.18. The minimum Gasteiger partial charge on any atom is -0.481 e. The van der Waals surface area contributed by atoms with Gasteiger partial charge in [0.05, 0.1) is 18.6 Å². The monoisotopic (exact) mass is 1670 g/mol. The van der Waals surface area contributed by atoms with Crippen LogP contribution in [0.15, 0.2) is 91.4 Å². The Morgan fingerprint density at radius 2 is 0.643 bits per heavy atom. The summed E-state index contributed by atoms with van der Waals surface area (Å²) in [6.45, 7) is 7.72. The van der Waals surface area contributed by atoms with Crippen LogP contribution >= 0.6 is 50.5 Å². The van der Waals surface area contributed by atoms with E-state index >= 15 is 0 Å². The number of amides is 12. The van der Waals surface area contributed by atoms with E-state index in [9.17, 15) is 102 Å². The summed E-state index contributed by atoms with van der Waals surface area (Å²) < 4.78 is 0. The largest absolute Gasteiger partial charge is 0.481 e. The zero-order chi connectivity index (χ0) is 85.1. The van der Waals surface area contributed by atoms with E-state index in [0.717, 1.165) is 6.92 Å². The number of aromatic nitrogens is 3. The zero-order valence-electron chi connectivity index (χ0n) is 63.2. The summed E-state index contributed by atoms with van der Waals surface area (Å²) in [5.74, 6) is -21.5. The number of hydrogen-bond donors (Lipinski definition) is 25. The molecule has 3 aromatic heterocycles. The van der Waals surface area contributed by atoms with Gasteiger partial charge in [-0.25, -0.2) is 4.79 Å². The van der Waals surface area contributed by atoms with E-state index < -0.39 is 235 Å². The molecule has 0 aliphatic rings. The van der Waals surface area contributed by atoms with Crippen molar-refractivity contribution in [3.05, 3.63) is 108 Å². The smallest absolute Gasteiger partial charge is 0.326 e. The number of rotatable bonds is 47. The number of benzene rings is 3. The molecule has 0 aliphatic carbocycles. The molecule has 0 fully saturated rings. The van der Waals surface area contributed by atoms with E-state index in [1.54, 1.807) is 85.2 Å². The van der Waals surface area contributed by atoms with Gasteiger partial charge in [-0.3, -0.25) is 71.9 Å². The van der Waals surface area contributed by atoms with Crippen LogP contribution in [-0.4, -0.2) is 243 Å². The summed E-state index contributed by atoms with van der Waals surface area (Å²) in [4.78, 5) is 228. The van der Waals surface area contributed by atoms with Crippen molar-refractivity contribution < 1.29 is 102 Å². The second-order valence-electron chi connectivity index (χ2n) is 28.0. The Bertz CT molecular complexity index is 4500. The van der Waals surface area contributed by atoms with Gasteiger partial charge in [-0.05, 0) is 72.9 Å². The van der Waals surface area contributed by atoms with Gasteiger partial charge in [-0.2, -0.15) is 50.5 Å². The van der Waals surface area contributed by atoms with Gasteiger partial charge in [0.1, 0.15) is 72.5 Å². The Labute approximate surface area is 681 Å². The van der Waals surface area contributed by atoms with Crippen LogP contribution in [-0.2, 0) is 96.0 Å². The normalized spacial score (nSPS) is 15.0. The van der Waals surface area contributed by atoms with Gasteiger partial charge < -0.3 is 110 Å². The molecule has 0 spiro atoms. The van der Waals surface area contributed by atoms with Crippen LogP contribution in [0.1, 0.15) is 89.8 Å². The third-order valence-corrected chi connectivity index (χ3v) is 19.8. The third kappa shape index (κ3) is 27.7.